The van der Waals surface area contributed by atoms with Crippen LogP contribution in [0.1, 0.15) is 11.1 Å². The van der Waals surface area contributed by atoms with E-state index in [2.05, 4.69) is 0 Å². The second-order valence-electron chi connectivity index (χ2n) is 3.12. The molecule has 0 saturated heterocycles. The lowest BCUT2D eigenvalue weighted by Crippen LogP contribution is -2.38. The van der Waals surface area contributed by atoms with Crippen molar-refractivity contribution in [3.63, 3.8) is 0 Å². The molecule has 4 heteroatoms. The van der Waals surface area contributed by atoms with E-state index in [9.17, 15) is 17.6 Å². The van der Waals surface area contributed by atoms with Crippen molar-refractivity contribution >= 4 is 6.08 Å². The van der Waals surface area contributed by atoms with E-state index >= 15 is 0 Å². The number of alkyl halides is 4. The number of fused-ring (bicyclic) bond motifs is 1. The van der Waals surface area contributed by atoms with Gasteiger partial charge in [-0.15, -0.1) is 0 Å². The summed E-state index contributed by atoms with van der Waals surface area (Å²) >= 11 is 0. The van der Waals surface area contributed by atoms with Crippen LogP contribution in [-0.4, -0.2) is 5.92 Å². The van der Waals surface area contributed by atoms with Crippen molar-refractivity contribution < 1.29 is 17.6 Å². The molecule has 14 heavy (non-hydrogen) atoms. The quantitative estimate of drug-likeness (QED) is 0.565. The first-order valence-corrected chi connectivity index (χ1v) is 3.99. The standard InChI is InChI=1S/C10H6F4/c11-9(12)6-5-7-3-1-2-4-8(7)10(9,13)14/h1-6H. The molecule has 1 aliphatic rings. The van der Waals surface area contributed by atoms with E-state index in [0.29, 0.717) is 0 Å². The van der Waals surface area contributed by atoms with Crippen molar-refractivity contribution in [2.24, 2.45) is 0 Å². The van der Waals surface area contributed by atoms with Gasteiger partial charge >= 0.3 is 11.8 Å². The SMILES string of the molecule is FC1(F)C=Cc2ccccc2C1(F)F. The lowest BCUT2D eigenvalue weighted by molar-refractivity contribution is -0.187. The number of allylic oxidation sites excluding steroid dienone is 1. The Bertz CT molecular complexity index is 393. The van der Waals surface area contributed by atoms with Crippen LogP contribution in [-0.2, 0) is 5.92 Å². The van der Waals surface area contributed by atoms with Gasteiger partial charge in [-0.1, -0.05) is 30.3 Å². The van der Waals surface area contributed by atoms with Gasteiger partial charge in [-0.2, -0.15) is 17.6 Å². The Labute approximate surface area is 77.9 Å². The van der Waals surface area contributed by atoms with E-state index in [-0.39, 0.29) is 11.6 Å². The lowest BCUT2D eigenvalue weighted by Gasteiger charge is -2.28. The van der Waals surface area contributed by atoms with Gasteiger partial charge in [0.1, 0.15) is 0 Å². The van der Waals surface area contributed by atoms with Gasteiger partial charge in [-0.3, -0.25) is 0 Å². The second kappa shape index (κ2) is 2.59. The predicted molar refractivity (Wildman–Crippen MR) is 44.3 cm³/mol. The van der Waals surface area contributed by atoms with Crippen molar-refractivity contribution in [3.8, 4) is 0 Å². The van der Waals surface area contributed by atoms with Gasteiger partial charge in [0, 0.05) is 5.56 Å². The maximum Gasteiger partial charge on any atom is 0.339 e. The highest BCUT2D eigenvalue weighted by atomic mass is 19.3. The average Bonchev–Trinajstić information content (AvgIpc) is 2.13. The summed E-state index contributed by atoms with van der Waals surface area (Å²) in [5, 5.41) is 0. The first kappa shape index (κ1) is 9.24. The first-order chi connectivity index (χ1) is 6.45. The Morgan fingerprint density at radius 2 is 1.57 bits per heavy atom. The van der Waals surface area contributed by atoms with E-state index in [0.717, 1.165) is 12.1 Å². The second-order valence-corrected chi connectivity index (χ2v) is 3.12. The summed E-state index contributed by atoms with van der Waals surface area (Å²) in [5.74, 6) is -8.21. The molecule has 74 valence electrons. The van der Waals surface area contributed by atoms with Crippen LogP contribution in [0.25, 0.3) is 6.08 Å². The van der Waals surface area contributed by atoms with Crippen LogP contribution in [0, 0.1) is 0 Å². The van der Waals surface area contributed by atoms with Crippen molar-refractivity contribution in [3.05, 3.63) is 41.5 Å². The highest BCUT2D eigenvalue weighted by Gasteiger charge is 2.57. The Morgan fingerprint density at radius 1 is 0.929 bits per heavy atom. The third-order valence-corrected chi connectivity index (χ3v) is 2.19. The van der Waals surface area contributed by atoms with Crippen LogP contribution in [0.2, 0.25) is 0 Å². The Hall–Kier alpha value is -1.32. The minimum Gasteiger partial charge on any atom is -0.195 e. The third kappa shape index (κ3) is 1.06. The van der Waals surface area contributed by atoms with Crippen molar-refractivity contribution in [1.82, 2.24) is 0 Å². The van der Waals surface area contributed by atoms with Crippen LogP contribution in [0.15, 0.2) is 30.3 Å². The average molecular weight is 202 g/mol. The van der Waals surface area contributed by atoms with Gasteiger partial charge < -0.3 is 0 Å². The maximum atomic E-state index is 13.2. The molecule has 0 bridgehead atoms. The molecule has 0 atom stereocenters. The zero-order valence-corrected chi connectivity index (χ0v) is 6.98. The molecule has 1 aromatic carbocycles. The molecule has 0 heterocycles. The van der Waals surface area contributed by atoms with Crippen LogP contribution in [0.4, 0.5) is 17.6 Å². The number of halogens is 4. The summed E-state index contributed by atoms with van der Waals surface area (Å²) in [5.41, 5.74) is -0.476. The van der Waals surface area contributed by atoms with Gasteiger partial charge in [0.2, 0.25) is 0 Å². The molecule has 2 rings (SSSR count). The highest BCUT2D eigenvalue weighted by molar-refractivity contribution is 5.60. The fraction of sp³-hybridized carbons (Fsp3) is 0.200. The minimum atomic E-state index is -4.11. The smallest absolute Gasteiger partial charge is 0.195 e. The molecule has 0 nitrogen and oxygen atoms in total. The zero-order valence-electron chi connectivity index (χ0n) is 6.98. The predicted octanol–water partition coefficient (Wildman–Crippen LogP) is 3.44. The van der Waals surface area contributed by atoms with E-state index < -0.39 is 17.4 Å². The Morgan fingerprint density at radius 3 is 2.29 bits per heavy atom. The van der Waals surface area contributed by atoms with E-state index in [1.54, 1.807) is 0 Å². The molecule has 0 aromatic heterocycles. The fourth-order valence-electron chi connectivity index (χ4n) is 1.41. The van der Waals surface area contributed by atoms with Crippen LogP contribution in [0.5, 0.6) is 0 Å². The number of hydrogen-bond donors (Lipinski definition) is 0. The molecule has 0 N–H and O–H groups in total. The van der Waals surface area contributed by atoms with Gasteiger partial charge in [-0.25, -0.2) is 0 Å². The molecule has 0 aliphatic heterocycles. The highest BCUT2D eigenvalue weighted by Crippen LogP contribution is 2.48. The van der Waals surface area contributed by atoms with Gasteiger partial charge in [0.05, 0.1) is 0 Å². The first-order valence-electron chi connectivity index (χ1n) is 3.99. The summed E-state index contributed by atoms with van der Waals surface area (Å²) in [4.78, 5) is 0. The number of benzene rings is 1. The normalized spacial score (nSPS) is 21.7. The van der Waals surface area contributed by atoms with E-state index in [4.69, 9.17) is 0 Å². The van der Waals surface area contributed by atoms with Crippen molar-refractivity contribution in [2.45, 2.75) is 11.8 Å². The third-order valence-electron chi connectivity index (χ3n) is 2.19. The largest absolute Gasteiger partial charge is 0.339 e. The fourth-order valence-corrected chi connectivity index (χ4v) is 1.41. The molecular formula is C10H6F4. The summed E-state index contributed by atoms with van der Waals surface area (Å²) in [6.45, 7) is 0. The van der Waals surface area contributed by atoms with Crippen LogP contribution in [0.3, 0.4) is 0 Å². The van der Waals surface area contributed by atoms with Gasteiger partial charge in [-0.05, 0) is 11.6 Å². The molecule has 1 aromatic rings. The monoisotopic (exact) mass is 202 g/mol. The maximum absolute atomic E-state index is 13.2. The summed E-state index contributed by atoms with van der Waals surface area (Å²) in [6.07, 6.45) is 1.27. The number of hydrogen-bond acceptors (Lipinski definition) is 0. The Kier molecular flexibility index (Phi) is 1.71. The van der Waals surface area contributed by atoms with Crippen LogP contribution >= 0.6 is 0 Å². The van der Waals surface area contributed by atoms with Gasteiger partial charge in [0.15, 0.2) is 0 Å². The Balaban J connectivity index is 2.66. The lowest BCUT2D eigenvalue weighted by atomic mass is 9.91. The minimum absolute atomic E-state index is 0.142. The zero-order chi connectivity index (χ0) is 10.4. The molecule has 0 amide bonds. The topological polar surface area (TPSA) is 0 Å². The summed E-state index contributed by atoms with van der Waals surface area (Å²) < 4.78 is 52.0. The molecule has 0 fully saturated rings. The molecule has 0 radical (unpaired) electrons. The van der Waals surface area contributed by atoms with Crippen molar-refractivity contribution in [1.29, 1.82) is 0 Å². The van der Waals surface area contributed by atoms with E-state index in [1.807, 2.05) is 0 Å². The summed E-state index contributed by atoms with van der Waals surface area (Å²) in [7, 11) is 0. The molecule has 0 saturated carbocycles. The number of rotatable bonds is 0. The van der Waals surface area contributed by atoms with Gasteiger partial charge in [0.25, 0.3) is 0 Å². The van der Waals surface area contributed by atoms with Crippen LogP contribution < -0.4 is 0 Å². The van der Waals surface area contributed by atoms with E-state index in [1.165, 1.54) is 18.2 Å². The molecule has 0 unspecified atom stereocenters. The molecular weight excluding hydrogens is 196 g/mol. The van der Waals surface area contributed by atoms with Crippen molar-refractivity contribution in [2.75, 3.05) is 0 Å². The molecule has 1 aliphatic carbocycles. The summed E-state index contributed by atoms with van der Waals surface area (Å²) in [6, 6.07) is 5.26. The molecule has 0 spiro atoms.